The van der Waals surface area contributed by atoms with Gasteiger partial charge in [-0.05, 0) is 49.1 Å². The summed E-state index contributed by atoms with van der Waals surface area (Å²) >= 11 is 1.34. The maximum Gasteiger partial charge on any atom is 0.242 e. The zero-order valence-electron chi connectivity index (χ0n) is 16.7. The van der Waals surface area contributed by atoms with Gasteiger partial charge in [-0.1, -0.05) is 49.0 Å². The molecule has 2 amide bonds. The lowest BCUT2D eigenvalue weighted by Gasteiger charge is -2.12. The molecule has 1 aliphatic heterocycles. The van der Waals surface area contributed by atoms with Crippen LogP contribution in [0.1, 0.15) is 30.0 Å². The van der Waals surface area contributed by atoms with Crippen molar-refractivity contribution in [1.29, 1.82) is 0 Å². The number of rotatable bonds is 5. The minimum absolute atomic E-state index is 0.0921. The van der Waals surface area contributed by atoms with Crippen molar-refractivity contribution in [2.75, 3.05) is 12.4 Å². The van der Waals surface area contributed by atoms with E-state index in [0.717, 1.165) is 28.9 Å². The van der Waals surface area contributed by atoms with E-state index in [-0.39, 0.29) is 18.2 Å². The van der Waals surface area contributed by atoms with Crippen LogP contribution in [0.3, 0.4) is 0 Å². The normalized spacial score (nSPS) is 18.0. The Labute approximate surface area is 170 Å². The third-order valence-electron chi connectivity index (χ3n) is 4.83. The molecule has 0 radical (unpaired) electrons. The van der Waals surface area contributed by atoms with Crippen molar-refractivity contribution in [2.45, 2.75) is 38.9 Å². The van der Waals surface area contributed by atoms with Crippen molar-refractivity contribution in [1.82, 2.24) is 4.90 Å². The van der Waals surface area contributed by atoms with E-state index in [0.29, 0.717) is 5.17 Å². The topological polar surface area (TPSA) is 61.8 Å². The van der Waals surface area contributed by atoms with Crippen LogP contribution in [0, 0.1) is 13.8 Å². The molecule has 1 unspecified atom stereocenters. The van der Waals surface area contributed by atoms with Crippen LogP contribution in [-0.4, -0.2) is 34.2 Å². The Morgan fingerprint density at radius 3 is 2.39 bits per heavy atom. The van der Waals surface area contributed by atoms with Gasteiger partial charge in [0, 0.05) is 19.2 Å². The molecule has 2 aromatic carbocycles. The van der Waals surface area contributed by atoms with Crippen LogP contribution in [0.5, 0.6) is 0 Å². The first kappa shape index (κ1) is 20.1. The lowest BCUT2D eigenvalue weighted by Crippen LogP contribution is -2.30. The molecular weight excluding hydrogens is 370 g/mol. The number of nitrogens with one attached hydrogen (secondary N) is 1. The van der Waals surface area contributed by atoms with Crippen molar-refractivity contribution >= 4 is 40.1 Å². The van der Waals surface area contributed by atoms with Crippen molar-refractivity contribution in [3.63, 3.8) is 0 Å². The SMILES string of the molecule is CCc1ccc(N=C2SC(CC(=O)Nc3c(C)cccc3C)C(=O)N2C)cc1. The molecule has 28 heavy (non-hydrogen) atoms. The highest BCUT2D eigenvalue weighted by Crippen LogP contribution is 2.31. The lowest BCUT2D eigenvalue weighted by atomic mass is 10.1. The zero-order chi connectivity index (χ0) is 20.3. The summed E-state index contributed by atoms with van der Waals surface area (Å²) < 4.78 is 0. The van der Waals surface area contributed by atoms with Crippen molar-refractivity contribution in [3.05, 3.63) is 59.2 Å². The standard InChI is InChI=1S/C22H25N3O2S/c1-5-16-9-11-17(12-10-16)23-22-25(4)21(27)18(28-22)13-19(26)24-20-14(2)7-6-8-15(20)3/h6-12,18H,5,13H2,1-4H3,(H,24,26). The summed E-state index contributed by atoms with van der Waals surface area (Å²) in [5.41, 5.74) is 4.89. The number of para-hydroxylation sites is 1. The van der Waals surface area contributed by atoms with Gasteiger partial charge in [-0.25, -0.2) is 4.99 Å². The summed E-state index contributed by atoms with van der Waals surface area (Å²) in [6.07, 6.45) is 1.09. The van der Waals surface area contributed by atoms with Crippen LogP contribution in [0.15, 0.2) is 47.5 Å². The second-order valence-electron chi connectivity index (χ2n) is 6.94. The van der Waals surface area contributed by atoms with Crippen molar-refractivity contribution < 1.29 is 9.59 Å². The summed E-state index contributed by atoms with van der Waals surface area (Å²) in [7, 11) is 1.71. The summed E-state index contributed by atoms with van der Waals surface area (Å²) in [6.45, 7) is 6.02. The van der Waals surface area contributed by atoms with Gasteiger partial charge in [-0.3, -0.25) is 14.5 Å². The third-order valence-corrected chi connectivity index (χ3v) is 6.06. The molecule has 1 fully saturated rings. The van der Waals surface area contributed by atoms with E-state index in [1.165, 1.54) is 22.2 Å². The van der Waals surface area contributed by atoms with E-state index in [9.17, 15) is 9.59 Å². The predicted octanol–water partition coefficient (Wildman–Crippen LogP) is 4.46. The van der Waals surface area contributed by atoms with Crippen LogP contribution in [0.2, 0.25) is 0 Å². The molecule has 3 rings (SSSR count). The number of thioether (sulfide) groups is 1. The van der Waals surface area contributed by atoms with E-state index >= 15 is 0 Å². The number of carbonyl (C=O) groups excluding carboxylic acids is 2. The molecule has 1 heterocycles. The number of aryl methyl sites for hydroxylation is 3. The molecule has 6 heteroatoms. The molecule has 0 aliphatic carbocycles. The van der Waals surface area contributed by atoms with E-state index in [1.54, 1.807) is 7.05 Å². The molecule has 2 aromatic rings. The monoisotopic (exact) mass is 395 g/mol. The number of hydrogen-bond acceptors (Lipinski definition) is 4. The highest BCUT2D eigenvalue weighted by atomic mass is 32.2. The molecule has 1 atom stereocenters. The maximum absolute atomic E-state index is 12.6. The first-order valence-electron chi connectivity index (χ1n) is 9.37. The number of amidine groups is 1. The Bertz CT molecular complexity index is 902. The fourth-order valence-corrected chi connectivity index (χ4v) is 4.24. The fraction of sp³-hybridized carbons (Fsp3) is 0.318. The Kier molecular flexibility index (Phi) is 6.19. The molecule has 1 saturated heterocycles. The third kappa shape index (κ3) is 4.44. The first-order valence-corrected chi connectivity index (χ1v) is 10.2. The second-order valence-corrected chi connectivity index (χ2v) is 8.11. The number of hydrogen-bond donors (Lipinski definition) is 1. The molecule has 0 aromatic heterocycles. The molecule has 146 valence electrons. The number of anilines is 1. The summed E-state index contributed by atoms with van der Waals surface area (Å²) in [5.74, 6) is -0.254. The molecule has 0 bridgehead atoms. The van der Waals surface area contributed by atoms with Crippen LogP contribution in [0.4, 0.5) is 11.4 Å². The van der Waals surface area contributed by atoms with Gasteiger partial charge in [0.15, 0.2) is 5.17 Å². The summed E-state index contributed by atoms with van der Waals surface area (Å²) in [5, 5.41) is 3.12. The van der Waals surface area contributed by atoms with Gasteiger partial charge >= 0.3 is 0 Å². The van der Waals surface area contributed by atoms with Gasteiger partial charge in [0.1, 0.15) is 5.25 Å². The zero-order valence-corrected chi connectivity index (χ0v) is 17.5. The highest BCUT2D eigenvalue weighted by Gasteiger charge is 2.37. The molecule has 0 saturated carbocycles. The van der Waals surface area contributed by atoms with Gasteiger partial charge < -0.3 is 5.32 Å². The number of nitrogens with zero attached hydrogens (tertiary/aromatic N) is 2. The van der Waals surface area contributed by atoms with Gasteiger partial charge in [-0.2, -0.15) is 0 Å². The smallest absolute Gasteiger partial charge is 0.242 e. The van der Waals surface area contributed by atoms with Crippen molar-refractivity contribution in [2.24, 2.45) is 4.99 Å². The second kappa shape index (κ2) is 8.61. The van der Waals surface area contributed by atoms with Gasteiger partial charge in [0.05, 0.1) is 5.69 Å². The minimum Gasteiger partial charge on any atom is -0.326 e. The largest absolute Gasteiger partial charge is 0.326 e. The van der Waals surface area contributed by atoms with Crippen LogP contribution < -0.4 is 5.32 Å². The average molecular weight is 396 g/mol. The number of benzene rings is 2. The Morgan fingerprint density at radius 1 is 1.14 bits per heavy atom. The fourth-order valence-electron chi connectivity index (χ4n) is 3.08. The van der Waals surface area contributed by atoms with Crippen molar-refractivity contribution in [3.8, 4) is 0 Å². The molecule has 1 N–H and O–H groups in total. The Morgan fingerprint density at radius 2 is 1.79 bits per heavy atom. The number of amides is 2. The van der Waals surface area contributed by atoms with Crippen LogP contribution in [0.25, 0.3) is 0 Å². The van der Waals surface area contributed by atoms with E-state index in [1.807, 2.05) is 56.3 Å². The summed E-state index contributed by atoms with van der Waals surface area (Å²) in [4.78, 5) is 31.2. The van der Waals surface area contributed by atoms with Gasteiger partial charge in [-0.15, -0.1) is 0 Å². The predicted molar refractivity (Wildman–Crippen MR) is 116 cm³/mol. The van der Waals surface area contributed by atoms with E-state index in [4.69, 9.17) is 0 Å². The number of carbonyl (C=O) groups is 2. The molecule has 0 spiro atoms. The highest BCUT2D eigenvalue weighted by molar-refractivity contribution is 8.15. The maximum atomic E-state index is 12.6. The van der Waals surface area contributed by atoms with Crippen LogP contribution >= 0.6 is 11.8 Å². The molecular formula is C22H25N3O2S. The first-order chi connectivity index (χ1) is 13.4. The Balaban J connectivity index is 1.69. The van der Waals surface area contributed by atoms with Crippen LogP contribution in [-0.2, 0) is 16.0 Å². The Hall–Kier alpha value is -2.60. The van der Waals surface area contributed by atoms with E-state index < -0.39 is 5.25 Å². The summed E-state index contributed by atoms with van der Waals surface area (Å²) in [6, 6.07) is 13.9. The number of aliphatic imine (C=N–C) groups is 1. The van der Waals surface area contributed by atoms with Gasteiger partial charge in [0.25, 0.3) is 0 Å². The lowest BCUT2D eigenvalue weighted by molar-refractivity contribution is -0.127. The average Bonchev–Trinajstić information content (AvgIpc) is 2.93. The molecule has 5 nitrogen and oxygen atoms in total. The molecule has 1 aliphatic rings. The van der Waals surface area contributed by atoms with E-state index in [2.05, 4.69) is 17.2 Å². The minimum atomic E-state index is -0.456. The van der Waals surface area contributed by atoms with Gasteiger partial charge in [0.2, 0.25) is 11.8 Å². The quantitative estimate of drug-likeness (QED) is 0.813.